The second-order valence-corrected chi connectivity index (χ2v) is 6.93. The van der Waals surface area contributed by atoms with Crippen molar-refractivity contribution < 1.29 is 23.8 Å². The molecule has 1 fully saturated rings. The topological polar surface area (TPSA) is 73.9 Å². The quantitative estimate of drug-likeness (QED) is 0.440. The van der Waals surface area contributed by atoms with E-state index < -0.39 is 17.7 Å². The standard InChI is InChI=1S/C19H15Cl2NO5/c1-19(2)26-17(23)14(18(24)27-19)10-22-12-6-7-16(15(21)9-12)25-13-5-3-4-11(20)8-13/h3-10,22H,1-2H3. The first-order valence-corrected chi connectivity index (χ1v) is 8.65. The van der Waals surface area contributed by atoms with E-state index in [4.69, 9.17) is 37.4 Å². The molecule has 1 heterocycles. The van der Waals surface area contributed by atoms with Crippen molar-refractivity contribution >= 4 is 40.8 Å². The van der Waals surface area contributed by atoms with Crippen LogP contribution in [0, 0.1) is 0 Å². The Morgan fingerprint density at radius 2 is 1.74 bits per heavy atom. The summed E-state index contributed by atoms with van der Waals surface area (Å²) in [4.78, 5) is 23.8. The number of anilines is 1. The lowest BCUT2D eigenvalue weighted by atomic mass is 10.2. The number of benzene rings is 2. The normalized spacial score (nSPS) is 15.6. The molecular formula is C19H15Cl2NO5. The molecule has 3 rings (SSSR count). The zero-order valence-electron chi connectivity index (χ0n) is 14.4. The number of halogens is 2. The van der Waals surface area contributed by atoms with Gasteiger partial charge in [-0.05, 0) is 36.4 Å². The van der Waals surface area contributed by atoms with Crippen LogP contribution in [0.3, 0.4) is 0 Å². The molecule has 1 aliphatic rings. The molecule has 0 bridgehead atoms. The molecule has 0 atom stereocenters. The van der Waals surface area contributed by atoms with Crippen LogP contribution in [0.15, 0.2) is 54.2 Å². The fourth-order valence-electron chi connectivity index (χ4n) is 2.26. The summed E-state index contributed by atoms with van der Waals surface area (Å²) >= 11 is 12.2. The van der Waals surface area contributed by atoms with E-state index in [-0.39, 0.29) is 5.57 Å². The van der Waals surface area contributed by atoms with Gasteiger partial charge in [0.1, 0.15) is 11.5 Å². The molecule has 0 aromatic heterocycles. The monoisotopic (exact) mass is 407 g/mol. The third-order valence-electron chi connectivity index (χ3n) is 3.46. The molecular weight excluding hydrogens is 393 g/mol. The number of carbonyl (C=O) groups is 2. The van der Waals surface area contributed by atoms with Crippen molar-refractivity contribution in [1.29, 1.82) is 0 Å². The van der Waals surface area contributed by atoms with Gasteiger partial charge in [0.05, 0.1) is 5.02 Å². The molecule has 140 valence electrons. The van der Waals surface area contributed by atoms with Gasteiger partial charge in [-0.25, -0.2) is 9.59 Å². The zero-order valence-corrected chi connectivity index (χ0v) is 15.9. The Bertz CT molecular complexity index is 917. The van der Waals surface area contributed by atoms with Crippen LogP contribution in [0.2, 0.25) is 10.0 Å². The van der Waals surface area contributed by atoms with Gasteiger partial charge in [0.25, 0.3) is 5.79 Å². The summed E-state index contributed by atoms with van der Waals surface area (Å²) in [6.07, 6.45) is 1.21. The molecule has 0 unspecified atom stereocenters. The lowest BCUT2D eigenvalue weighted by Gasteiger charge is -2.29. The van der Waals surface area contributed by atoms with Crippen molar-refractivity contribution in [2.75, 3.05) is 5.32 Å². The maximum atomic E-state index is 11.9. The van der Waals surface area contributed by atoms with Crippen LogP contribution in [0.25, 0.3) is 0 Å². The summed E-state index contributed by atoms with van der Waals surface area (Å²) in [5.41, 5.74) is 0.293. The van der Waals surface area contributed by atoms with Crippen molar-refractivity contribution in [3.8, 4) is 11.5 Å². The molecule has 6 nitrogen and oxygen atoms in total. The van der Waals surface area contributed by atoms with E-state index in [1.165, 1.54) is 20.0 Å². The highest BCUT2D eigenvalue weighted by molar-refractivity contribution is 6.32. The second-order valence-electron chi connectivity index (χ2n) is 6.09. The van der Waals surface area contributed by atoms with Gasteiger partial charge in [0.2, 0.25) is 0 Å². The molecule has 27 heavy (non-hydrogen) atoms. The van der Waals surface area contributed by atoms with Crippen molar-refractivity contribution in [3.05, 3.63) is 64.3 Å². The molecule has 0 saturated carbocycles. The van der Waals surface area contributed by atoms with Gasteiger partial charge >= 0.3 is 11.9 Å². The summed E-state index contributed by atoms with van der Waals surface area (Å²) in [6, 6.07) is 11.8. The molecule has 0 spiro atoms. The SMILES string of the molecule is CC1(C)OC(=O)C(=CNc2ccc(Oc3cccc(Cl)c3)c(Cl)c2)C(=O)O1. The van der Waals surface area contributed by atoms with Crippen molar-refractivity contribution in [2.45, 2.75) is 19.6 Å². The number of hydrogen-bond acceptors (Lipinski definition) is 6. The number of rotatable bonds is 4. The Balaban J connectivity index is 1.73. The number of carbonyl (C=O) groups excluding carboxylic acids is 2. The first-order valence-electron chi connectivity index (χ1n) is 7.90. The van der Waals surface area contributed by atoms with E-state index in [9.17, 15) is 9.59 Å². The zero-order chi connectivity index (χ0) is 19.6. The number of hydrogen-bond donors (Lipinski definition) is 1. The molecule has 8 heteroatoms. The van der Waals surface area contributed by atoms with E-state index >= 15 is 0 Å². The van der Waals surface area contributed by atoms with Crippen LogP contribution in [-0.4, -0.2) is 17.7 Å². The fourth-order valence-corrected chi connectivity index (χ4v) is 2.66. The van der Waals surface area contributed by atoms with Gasteiger partial charge in [-0.15, -0.1) is 0 Å². The lowest BCUT2D eigenvalue weighted by Crippen LogP contribution is -2.42. The van der Waals surface area contributed by atoms with Crippen molar-refractivity contribution in [2.24, 2.45) is 0 Å². The van der Waals surface area contributed by atoms with Crippen LogP contribution >= 0.6 is 23.2 Å². The maximum Gasteiger partial charge on any atom is 0.350 e. The number of ether oxygens (including phenoxy) is 3. The Labute approximate surface area is 165 Å². The number of nitrogens with one attached hydrogen (secondary N) is 1. The van der Waals surface area contributed by atoms with Gasteiger partial charge in [-0.1, -0.05) is 29.3 Å². The summed E-state index contributed by atoms with van der Waals surface area (Å²) in [5.74, 6) is -1.85. The van der Waals surface area contributed by atoms with Gasteiger partial charge < -0.3 is 19.5 Å². The van der Waals surface area contributed by atoms with Crippen LogP contribution in [0.5, 0.6) is 11.5 Å². The summed E-state index contributed by atoms with van der Waals surface area (Å²) in [7, 11) is 0. The predicted molar refractivity (Wildman–Crippen MR) is 101 cm³/mol. The summed E-state index contributed by atoms with van der Waals surface area (Å²) in [6.45, 7) is 2.96. The maximum absolute atomic E-state index is 11.9. The Morgan fingerprint density at radius 1 is 1.04 bits per heavy atom. The molecule has 0 radical (unpaired) electrons. The highest BCUT2D eigenvalue weighted by Crippen LogP contribution is 2.32. The van der Waals surface area contributed by atoms with Crippen molar-refractivity contribution in [1.82, 2.24) is 0 Å². The molecule has 1 aliphatic heterocycles. The predicted octanol–water partition coefficient (Wildman–Crippen LogP) is 4.92. The first-order chi connectivity index (χ1) is 12.7. The minimum Gasteiger partial charge on any atom is -0.456 e. The van der Waals surface area contributed by atoms with E-state index in [0.29, 0.717) is 27.2 Å². The van der Waals surface area contributed by atoms with Crippen LogP contribution in [0.4, 0.5) is 5.69 Å². The van der Waals surface area contributed by atoms with Gasteiger partial charge in [0.15, 0.2) is 5.57 Å². The number of esters is 2. The summed E-state index contributed by atoms with van der Waals surface area (Å²) in [5, 5.41) is 3.69. The van der Waals surface area contributed by atoms with Crippen LogP contribution < -0.4 is 10.1 Å². The van der Waals surface area contributed by atoms with Crippen LogP contribution in [0.1, 0.15) is 13.8 Å². The average molecular weight is 408 g/mol. The lowest BCUT2D eigenvalue weighted by molar-refractivity contribution is -0.222. The van der Waals surface area contributed by atoms with Crippen LogP contribution in [-0.2, 0) is 19.1 Å². The summed E-state index contributed by atoms with van der Waals surface area (Å²) < 4.78 is 15.7. The van der Waals surface area contributed by atoms with Gasteiger partial charge in [-0.3, -0.25) is 0 Å². The Kier molecular flexibility index (Phi) is 5.30. The van der Waals surface area contributed by atoms with Crippen molar-refractivity contribution in [3.63, 3.8) is 0 Å². The van der Waals surface area contributed by atoms with Gasteiger partial charge in [-0.2, -0.15) is 0 Å². The first kappa shape index (κ1) is 19.1. The third-order valence-corrected chi connectivity index (χ3v) is 3.99. The molecule has 2 aromatic carbocycles. The third kappa shape index (κ3) is 4.72. The highest BCUT2D eigenvalue weighted by atomic mass is 35.5. The molecule has 1 saturated heterocycles. The molecule has 0 aliphatic carbocycles. The Hall–Kier alpha value is -2.70. The van der Waals surface area contributed by atoms with Gasteiger partial charge in [0, 0.05) is 30.8 Å². The second kappa shape index (κ2) is 7.50. The van der Waals surface area contributed by atoms with E-state index in [1.807, 2.05) is 0 Å². The fraction of sp³-hybridized carbons (Fsp3) is 0.158. The van der Waals surface area contributed by atoms with E-state index in [1.54, 1.807) is 42.5 Å². The Morgan fingerprint density at radius 3 is 2.37 bits per heavy atom. The minimum atomic E-state index is -1.28. The van der Waals surface area contributed by atoms with E-state index in [0.717, 1.165) is 0 Å². The average Bonchev–Trinajstić information content (AvgIpc) is 2.55. The smallest absolute Gasteiger partial charge is 0.350 e. The van der Waals surface area contributed by atoms with E-state index in [2.05, 4.69) is 5.32 Å². The highest BCUT2D eigenvalue weighted by Gasteiger charge is 2.38. The largest absolute Gasteiger partial charge is 0.456 e. The molecule has 2 aromatic rings. The molecule has 1 N–H and O–H groups in total. The minimum absolute atomic E-state index is 0.246. The molecule has 0 amide bonds. The number of cyclic esters (lactones) is 2.